The Bertz CT molecular complexity index is 670. The first kappa shape index (κ1) is 11.3. The number of hydrogen-bond acceptors (Lipinski definition) is 5. The number of nitrogens with one attached hydrogen (secondary N) is 1. The first-order chi connectivity index (χ1) is 7.99. The van der Waals surface area contributed by atoms with Crippen LogP contribution in [-0.2, 0) is 11.2 Å². The monoisotopic (exact) mass is 252 g/mol. The molecule has 0 saturated heterocycles. The molecule has 0 aliphatic heterocycles. The van der Waals surface area contributed by atoms with Gasteiger partial charge in [0.2, 0.25) is 0 Å². The molecule has 0 radical (unpaired) electrons. The average molecular weight is 252 g/mol. The maximum atomic E-state index is 11.7. The van der Waals surface area contributed by atoms with Gasteiger partial charge < -0.3 is 15.2 Å². The molecule has 17 heavy (non-hydrogen) atoms. The molecule has 0 saturated carbocycles. The lowest BCUT2D eigenvalue weighted by Gasteiger charge is -1.98. The number of aromatic nitrogens is 2. The van der Waals surface area contributed by atoms with E-state index < -0.39 is 11.5 Å². The van der Waals surface area contributed by atoms with Gasteiger partial charge in [-0.15, -0.1) is 11.3 Å². The van der Waals surface area contributed by atoms with Gasteiger partial charge >= 0.3 is 5.97 Å². The van der Waals surface area contributed by atoms with Crippen LogP contribution >= 0.6 is 11.3 Å². The molecule has 2 rings (SSSR count). The number of aliphatic carboxylic acids is 1. The third kappa shape index (κ3) is 2.04. The van der Waals surface area contributed by atoms with Crippen LogP contribution in [0.2, 0.25) is 0 Å². The summed E-state index contributed by atoms with van der Waals surface area (Å²) in [6.07, 6.45) is -0.232. The van der Waals surface area contributed by atoms with Gasteiger partial charge in [0.1, 0.15) is 4.83 Å². The van der Waals surface area contributed by atoms with E-state index in [4.69, 9.17) is 10.2 Å². The Labute approximate surface area is 98.9 Å². The number of aliphatic hydroxyl groups excluding tert-OH is 1. The topological polar surface area (TPSA) is 103 Å². The molecule has 3 N–H and O–H groups in total. The van der Waals surface area contributed by atoms with Crippen molar-refractivity contribution < 1.29 is 15.0 Å². The molecule has 2 aromatic heterocycles. The van der Waals surface area contributed by atoms with E-state index in [1.807, 2.05) is 0 Å². The van der Waals surface area contributed by atoms with Crippen LogP contribution in [0.1, 0.15) is 11.4 Å². The van der Waals surface area contributed by atoms with Crippen molar-refractivity contribution >= 4 is 33.3 Å². The van der Waals surface area contributed by atoms with Gasteiger partial charge in [-0.2, -0.15) is 0 Å². The summed E-state index contributed by atoms with van der Waals surface area (Å²) in [4.78, 5) is 29.1. The fourth-order valence-corrected chi connectivity index (χ4v) is 2.38. The molecule has 2 heterocycles. The number of hydrogen-bond donors (Lipinski definition) is 3. The number of thiophene rings is 1. The Morgan fingerprint density at radius 2 is 2.24 bits per heavy atom. The maximum absolute atomic E-state index is 11.7. The van der Waals surface area contributed by atoms with E-state index in [0.717, 1.165) is 11.3 Å². The second-order valence-corrected chi connectivity index (χ2v) is 4.23. The van der Waals surface area contributed by atoms with Crippen LogP contribution in [0.5, 0.6) is 0 Å². The van der Waals surface area contributed by atoms with E-state index in [1.54, 1.807) is 5.38 Å². The van der Waals surface area contributed by atoms with Gasteiger partial charge in [-0.25, -0.2) is 4.98 Å². The van der Waals surface area contributed by atoms with Crippen LogP contribution in [0.25, 0.3) is 16.0 Å². The molecule has 0 aliphatic rings. The number of fused-ring (bicyclic) bond motifs is 1. The van der Waals surface area contributed by atoms with Crippen LogP contribution < -0.4 is 5.56 Å². The number of carbonyl (C=O) groups is 1. The number of rotatable bonds is 3. The number of aromatic amines is 1. The normalized spacial score (nSPS) is 10.6. The number of carboxylic acid groups (broad SMARTS) is 1. The van der Waals surface area contributed by atoms with Gasteiger partial charge in [-0.05, 0) is 10.9 Å². The van der Waals surface area contributed by atoms with Gasteiger partial charge in [-0.1, -0.05) is 6.58 Å². The lowest BCUT2D eigenvalue weighted by molar-refractivity contribution is -0.136. The summed E-state index contributed by atoms with van der Waals surface area (Å²) in [6, 6.07) is 0. The van der Waals surface area contributed by atoms with Crippen molar-refractivity contribution in [3.8, 4) is 0 Å². The predicted molar refractivity (Wildman–Crippen MR) is 63.2 cm³/mol. The Kier molecular flexibility index (Phi) is 2.68. The Morgan fingerprint density at radius 1 is 1.53 bits per heavy atom. The molecule has 0 aromatic carbocycles. The number of nitrogens with zero attached hydrogens (tertiary/aromatic N) is 1. The van der Waals surface area contributed by atoms with Crippen LogP contribution in [0.15, 0.2) is 16.8 Å². The third-order valence-corrected chi connectivity index (χ3v) is 3.06. The quantitative estimate of drug-likeness (QED) is 0.711. The van der Waals surface area contributed by atoms with Crippen molar-refractivity contribution in [1.29, 1.82) is 0 Å². The van der Waals surface area contributed by atoms with E-state index in [0.29, 0.717) is 10.4 Å². The van der Waals surface area contributed by atoms with Crippen molar-refractivity contribution in [3.63, 3.8) is 0 Å². The van der Waals surface area contributed by atoms with Crippen LogP contribution in [0.3, 0.4) is 0 Å². The molecule has 7 heteroatoms. The number of aliphatic hydroxyl groups is 1. The SMILES string of the molecule is C=C(O)c1nc2scc(CC(=O)O)c2c(=O)[nH]1. The van der Waals surface area contributed by atoms with Crippen LogP contribution in [0, 0.1) is 0 Å². The van der Waals surface area contributed by atoms with Crippen molar-refractivity contribution in [3.05, 3.63) is 33.7 Å². The molecule has 0 aliphatic carbocycles. The Hall–Kier alpha value is -2.15. The molecule has 2 aromatic rings. The lowest BCUT2D eigenvalue weighted by atomic mass is 10.2. The van der Waals surface area contributed by atoms with Crippen molar-refractivity contribution in [1.82, 2.24) is 9.97 Å². The lowest BCUT2D eigenvalue weighted by Crippen LogP contribution is -2.12. The second-order valence-electron chi connectivity index (χ2n) is 3.37. The highest BCUT2D eigenvalue weighted by molar-refractivity contribution is 7.16. The van der Waals surface area contributed by atoms with Crippen molar-refractivity contribution in [2.24, 2.45) is 0 Å². The molecule has 6 nitrogen and oxygen atoms in total. The summed E-state index contributed by atoms with van der Waals surface area (Å²) in [6.45, 7) is 3.26. The first-order valence-electron chi connectivity index (χ1n) is 4.59. The number of H-pyrrole nitrogens is 1. The molecule has 0 spiro atoms. The predicted octanol–water partition coefficient (Wildman–Crippen LogP) is 1.14. The smallest absolute Gasteiger partial charge is 0.307 e. The standard InChI is InChI=1S/C10H8N2O4S/c1-4(13)8-11-9(16)7-5(2-6(14)15)3-17-10(7)12-8/h3,13H,1-2H2,(H,14,15)(H,11,12,16). The zero-order valence-corrected chi connectivity index (χ0v) is 9.37. The second kappa shape index (κ2) is 4.02. The van der Waals surface area contributed by atoms with Crippen molar-refractivity contribution in [2.75, 3.05) is 0 Å². The van der Waals surface area contributed by atoms with E-state index in [9.17, 15) is 9.59 Å². The summed E-state index contributed by atoms with van der Waals surface area (Å²) >= 11 is 1.15. The third-order valence-electron chi connectivity index (χ3n) is 2.14. The minimum atomic E-state index is -1.01. The van der Waals surface area contributed by atoms with Crippen LogP contribution in [-0.4, -0.2) is 26.2 Å². The Morgan fingerprint density at radius 3 is 2.82 bits per heavy atom. The summed E-state index contributed by atoms with van der Waals surface area (Å²) in [5.41, 5.74) is -0.0564. The molecule has 0 atom stereocenters. The van der Waals surface area contributed by atoms with Gasteiger partial charge in [0, 0.05) is 0 Å². The minimum absolute atomic E-state index is 0.00812. The average Bonchev–Trinajstić information content (AvgIpc) is 2.60. The highest BCUT2D eigenvalue weighted by Gasteiger charge is 2.14. The summed E-state index contributed by atoms with van der Waals surface area (Å²) in [7, 11) is 0. The van der Waals surface area contributed by atoms with Gasteiger partial charge in [0.25, 0.3) is 5.56 Å². The molecule has 0 fully saturated rings. The maximum Gasteiger partial charge on any atom is 0.307 e. The van der Waals surface area contributed by atoms with E-state index in [-0.39, 0.29) is 23.4 Å². The number of carboxylic acids is 1. The van der Waals surface area contributed by atoms with Gasteiger partial charge in [0.05, 0.1) is 11.8 Å². The fraction of sp³-hybridized carbons (Fsp3) is 0.100. The van der Waals surface area contributed by atoms with E-state index in [1.165, 1.54) is 0 Å². The van der Waals surface area contributed by atoms with E-state index >= 15 is 0 Å². The zero-order chi connectivity index (χ0) is 12.6. The van der Waals surface area contributed by atoms with Crippen molar-refractivity contribution in [2.45, 2.75) is 6.42 Å². The molecule has 88 valence electrons. The molecular formula is C10H8N2O4S. The highest BCUT2D eigenvalue weighted by Crippen LogP contribution is 2.22. The molecule has 0 bridgehead atoms. The van der Waals surface area contributed by atoms with Gasteiger partial charge in [-0.3, -0.25) is 9.59 Å². The Balaban J connectivity index is 2.67. The minimum Gasteiger partial charge on any atom is -0.505 e. The summed E-state index contributed by atoms with van der Waals surface area (Å²) in [5.74, 6) is -1.36. The van der Waals surface area contributed by atoms with E-state index in [2.05, 4.69) is 16.5 Å². The largest absolute Gasteiger partial charge is 0.505 e. The summed E-state index contributed by atoms with van der Waals surface area (Å²) in [5, 5.41) is 19.7. The highest BCUT2D eigenvalue weighted by atomic mass is 32.1. The first-order valence-corrected chi connectivity index (χ1v) is 5.47. The fourth-order valence-electron chi connectivity index (χ4n) is 1.44. The van der Waals surface area contributed by atoms with Gasteiger partial charge in [0.15, 0.2) is 11.6 Å². The summed E-state index contributed by atoms with van der Waals surface area (Å²) < 4.78 is 0. The molecule has 0 amide bonds. The van der Waals surface area contributed by atoms with Crippen LogP contribution in [0.4, 0.5) is 0 Å². The molecule has 0 unspecified atom stereocenters. The molecular weight excluding hydrogens is 244 g/mol. The zero-order valence-electron chi connectivity index (χ0n) is 8.56.